The van der Waals surface area contributed by atoms with E-state index in [-0.39, 0.29) is 18.1 Å². The molecule has 0 unspecified atom stereocenters. The predicted octanol–water partition coefficient (Wildman–Crippen LogP) is 5.50. The van der Waals surface area contributed by atoms with Crippen LogP contribution in [0, 0.1) is 0 Å². The number of hydrogen-bond donors (Lipinski definition) is 1. The Bertz CT molecular complexity index is 999. The van der Waals surface area contributed by atoms with E-state index in [1.54, 1.807) is 11.3 Å². The van der Waals surface area contributed by atoms with Gasteiger partial charge in [0.1, 0.15) is 11.0 Å². The molecule has 6 heteroatoms. The molecule has 0 spiro atoms. The maximum absolute atomic E-state index is 13.3. The van der Waals surface area contributed by atoms with Crippen molar-refractivity contribution in [3.8, 4) is 5.00 Å². The highest BCUT2D eigenvalue weighted by molar-refractivity contribution is 7.15. The number of thiophene rings is 2. The lowest BCUT2D eigenvalue weighted by molar-refractivity contribution is 0.179. The van der Waals surface area contributed by atoms with E-state index in [1.807, 2.05) is 30.1 Å². The summed E-state index contributed by atoms with van der Waals surface area (Å²) in [5.41, 5.74) is 4.04. The van der Waals surface area contributed by atoms with E-state index >= 15 is 0 Å². The molecular weight excluding hydrogens is 386 g/mol. The predicted molar refractivity (Wildman–Crippen MR) is 116 cm³/mol. The van der Waals surface area contributed by atoms with Gasteiger partial charge in [-0.25, -0.2) is 4.79 Å². The molecule has 0 aromatic carbocycles. The first kappa shape index (κ1) is 18.0. The fourth-order valence-corrected chi connectivity index (χ4v) is 6.71. The Morgan fingerprint density at radius 2 is 2.04 bits per heavy atom. The van der Waals surface area contributed by atoms with Gasteiger partial charge in [0.05, 0.1) is 12.2 Å². The summed E-state index contributed by atoms with van der Waals surface area (Å²) in [7, 11) is 0. The smallest absolute Gasteiger partial charge is 0.318 e. The third kappa shape index (κ3) is 2.90. The van der Waals surface area contributed by atoms with Crippen molar-refractivity contribution < 1.29 is 4.79 Å². The van der Waals surface area contributed by atoms with Crippen LogP contribution in [0.2, 0.25) is 0 Å². The van der Waals surface area contributed by atoms with E-state index in [1.165, 1.54) is 50.8 Å². The highest BCUT2D eigenvalue weighted by atomic mass is 32.1. The summed E-state index contributed by atoms with van der Waals surface area (Å²) in [5.74, 6) is 0. The van der Waals surface area contributed by atoms with Gasteiger partial charge in [-0.1, -0.05) is 6.07 Å². The summed E-state index contributed by atoms with van der Waals surface area (Å²) in [4.78, 5) is 18.1. The molecule has 5 rings (SSSR count). The van der Waals surface area contributed by atoms with Crippen molar-refractivity contribution in [2.75, 3.05) is 0 Å². The van der Waals surface area contributed by atoms with Gasteiger partial charge in [0.15, 0.2) is 0 Å². The van der Waals surface area contributed by atoms with Crippen LogP contribution < -0.4 is 5.32 Å². The van der Waals surface area contributed by atoms with Gasteiger partial charge in [-0.05, 0) is 68.7 Å². The molecule has 0 saturated carbocycles. The van der Waals surface area contributed by atoms with Crippen molar-refractivity contribution in [1.29, 1.82) is 0 Å². The lowest BCUT2D eigenvalue weighted by Gasteiger charge is -2.31. The van der Waals surface area contributed by atoms with Gasteiger partial charge in [-0.2, -0.15) is 0 Å². The highest BCUT2D eigenvalue weighted by Gasteiger charge is 2.36. The second-order valence-corrected chi connectivity index (χ2v) is 10.0. The number of rotatable bonds is 2. The molecule has 3 aromatic heterocycles. The zero-order valence-electron chi connectivity index (χ0n) is 16.3. The molecule has 3 aromatic rings. The summed E-state index contributed by atoms with van der Waals surface area (Å²) in [6, 6.07) is 8.58. The van der Waals surface area contributed by atoms with Crippen LogP contribution in [-0.4, -0.2) is 21.5 Å². The molecule has 1 aliphatic heterocycles. The number of aryl methyl sites for hydroxylation is 1. The van der Waals surface area contributed by atoms with E-state index < -0.39 is 0 Å². The maximum Gasteiger partial charge on any atom is 0.318 e. The zero-order valence-corrected chi connectivity index (χ0v) is 17.9. The number of urea groups is 1. The molecule has 1 atom stereocenters. The van der Waals surface area contributed by atoms with Gasteiger partial charge in [-0.15, -0.1) is 22.7 Å². The fraction of sp³-hybridized carbons (Fsp3) is 0.409. The molecule has 2 aliphatic rings. The standard InChI is InChI=1S/C22H25N3OS2/c1-14(2)23-22(26)25-13-16-15-7-3-4-9-18(15)28-21(16)24-11-5-8-17(24)20(25)19-10-6-12-27-19/h5-6,8,10-12,14,20H,3-4,7,9,13H2,1-2H3,(H,23,26)/t20-/m1/s1. The largest absolute Gasteiger partial charge is 0.336 e. The van der Waals surface area contributed by atoms with Crippen molar-refractivity contribution in [2.24, 2.45) is 0 Å². The Hall–Kier alpha value is -2.05. The molecule has 4 heterocycles. The minimum absolute atomic E-state index is 0.0183. The van der Waals surface area contributed by atoms with Gasteiger partial charge in [0, 0.05) is 27.6 Å². The SMILES string of the molecule is CC(C)NC(=O)N1Cc2c(sc3c2CCCC3)-n2cccc2[C@@H]1c1cccs1. The number of carbonyl (C=O) groups excluding carboxylic acids is 1. The van der Waals surface area contributed by atoms with Crippen molar-refractivity contribution in [3.63, 3.8) is 0 Å². The molecule has 2 amide bonds. The zero-order chi connectivity index (χ0) is 19.3. The lowest BCUT2D eigenvalue weighted by Crippen LogP contribution is -2.44. The first-order valence-corrected chi connectivity index (χ1v) is 11.7. The van der Waals surface area contributed by atoms with Gasteiger partial charge in [-0.3, -0.25) is 0 Å². The van der Waals surface area contributed by atoms with E-state index in [4.69, 9.17) is 0 Å². The van der Waals surface area contributed by atoms with Crippen LogP contribution in [0.3, 0.4) is 0 Å². The molecule has 0 fully saturated rings. The van der Waals surface area contributed by atoms with Crippen molar-refractivity contribution in [3.05, 3.63) is 62.4 Å². The average Bonchev–Trinajstić information content (AvgIpc) is 3.40. The fourth-order valence-electron chi connectivity index (χ4n) is 4.46. The third-order valence-electron chi connectivity index (χ3n) is 5.66. The van der Waals surface area contributed by atoms with E-state index in [2.05, 4.69) is 45.7 Å². The van der Waals surface area contributed by atoms with Gasteiger partial charge >= 0.3 is 6.03 Å². The number of aromatic nitrogens is 1. The first-order valence-electron chi connectivity index (χ1n) is 10.0. The van der Waals surface area contributed by atoms with Gasteiger partial charge < -0.3 is 14.8 Å². The molecule has 1 aliphatic carbocycles. The third-order valence-corrected chi connectivity index (χ3v) is 7.92. The number of fused-ring (bicyclic) bond motifs is 5. The van der Waals surface area contributed by atoms with E-state index in [0.29, 0.717) is 6.54 Å². The number of hydrogen-bond acceptors (Lipinski definition) is 3. The molecule has 4 nitrogen and oxygen atoms in total. The number of amides is 2. The van der Waals surface area contributed by atoms with Gasteiger partial charge in [0.25, 0.3) is 0 Å². The van der Waals surface area contributed by atoms with E-state index in [9.17, 15) is 4.79 Å². The summed E-state index contributed by atoms with van der Waals surface area (Å²) in [5, 5.41) is 6.56. The summed E-state index contributed by atoms with van der Waals surface area (Å²) in [6.07, 6.45) is 7.01. The monoisotopic (exact) mass is 411 g/mol. The van der Waals surface area contributed by atoms with Crippen LogP contribution in [0.1, 0.15) is 59.3 Å². The summed E-state index contributed by atoms with van der Waals surface area (Å²) < 4.78 is 2.34. The first-order chi connectivity index (χ1) is 13.6. The normalized spacial score (nSPS) is 18.4. The Morgan fingerprint density at radius 1 is 1.18 bits per heavy atom. The van der Waals surface area contributed by atoms with Crippen LogP contribution in [0.25, 0.3) is 5.00 Å². The Balaban J connectivity index is 1.70. The lowest BCUT2D eigenvalue weighted by atomic mass is 9.95. The molecule has 0 radical (unpaired) electrons. The van der Waals surface area contributed by atoms with Gasteiger partial charge in [0.2, 0.25) is 0 Å². The van der Waals surface area contributed by atoms with Crippen LogP contribution in [0.5, 0.6) is 0 Å². The minimum atomic E-state index is -0.0624. The minimum Gasteiger partial charge on any atom is -0.336 e. The van der Waals surface area contributed by atoms with Crippen molar-refractivity contribution >= 4 is 28.7 Å². The quantitative estimate of drug-likeness (QED) is 0.594. The van der Waals surface area contributed by atoms with Crippen LogP contribution in [0.15, 0.2) is 35.8 Å². The molecule has 28 heavy (non-hydrogen) atoms. The molecule has 146 valence electrons. The summed E-state index contributed by atoms with van der Waals surface area (Å²) in [6.45, 7) is 4.72. The Labute approximate surface area is 173 Å². The Morgan fingerprint density at radius 3 is 2.82 bits per heavy atom. The summed E-state index contributed by atoms with van der Waals surface area (Å²) >= 11 is 3.66. The van der Waals surface area contributed by atoms with Crippen LogP contribution >= 0.6 is 22.7 Å². The number of carbonyl (C=O) groups is 1. The number of nitrogens with one attached hydrogen (secondary N) is 1. The second kappa shape index (κ2) is 7.08. The molecule has 0 saturated heterocycles. The highest BCUT2D eigenvalue weighted by Crippen LogP contribution is 2.44. The molecular formula is C22H25N3OS2. The maximum atomic E-state index is 13.3. The number of nitrogens with zero attached hydrogens (tertiary/aromatic N) is 2. The second-order valence-electron chi connectivity index (χ2n) is 7.95. The van der Waals surface area contributed by atoms with Crippen LogP contribution in [-0.2, 0) is 19.4 Å². The average molecular weight is 412 g/mol. The molecule has 0 bridgehead atoms. The van der Waals surface area contributed by atoms with Crippen molar-refractivity contribution in [1.82, 2.24) is 14.8 Å². The Kier molecular flexibility index (Phi) is 4.56. The van der Waals surface area contributed by atoms with E-state index in [0.717, 1.165) is 6.42 Å². The van der Waals surface area contributed by atoms with Crippen LogP contribution in [0.4, 0.5) is 4.79 Å². The molecule has 1 N–H and O–H groups in total. The topological polar surface area (TPSA) is 37.3 Å². The van der Waals surface area contributed by atoms with Crippen molar-refractivity contribution in [2.45, 2.75) is 58.2 Å².